The van der Waals surface area contributed by atoms with Crippen molar-refractivity contribution >= 4 is 12.0 Å². The SMILES string of the molecule is CC(/C=C/C1=Cc2ccccc2OC1c1ccccc1)=C\C(=O)O. The monoisotopic (exact) mass is 318 g/mol. The van der Waals surface area contributed by atoms with Crippen LogP contribution in [0.25, 0.3) is 6.08 Å². The van der Waals surface area contributed by atoms with Crippen molar-refractivity contribution in [2.45, 2.75) is 13.0 Å². The van der Waals surface area contributed by atoms with Crippen LogP contribution in [0.3, 0.4) is 0 Å². The van der Waals surface area contributed by atoms with Crippen molar-refractivity contribution in [2.24, 2.45) is 0 Å². The average molecular weight is 318 g/mol. The maximum absolute atomic E-state index is 10.8. The first-order chi connectivity index (χ1) is 11.6. The molecule has 0 spiro atoms. The van der Waals surface area contributed by atoms with Gasteiger partial charge in [0, 0.05) is 11.6 Å². The lowest BCUT2D eigenvalue weighted by Crippen LogP contribution is -2.13. The summed E-state index contributed by atoms with van der Waals surface area (Å²) in [7, 11) is 0. The van der Waals surface area contributed by atoms with Gasteiger partial charge in [0.25, 0.3) is 0 Å². The van der Waals surface area contributed by atoms with Gasteiger partial charge in [-0.2, -0.15) is 0 Å². The van der Waals surface area contributed by atoms with E-state index in [1.54, 1.807) is 13.0 Å². The largest absolute Gasteiger partial charge is 0.480 e. The third-order valence-corrected chi connectivity index (χ3v) is 3.78. The summed E-state index contributed by atoms with van der Waals surface area (Å²) in [6.45, 7) is 1.76. The second-order valence-corrected chi connectivity index (χ2v) is 5.65. The van der Waals surface area contributed by atoms with Gasteiger partial charge in [-0.25, -0.2) is 4.79 Å². The zero-order chi connectivity index (χ0) is 16.9. The number of aliphatic carboxylic acids is 1. The van der Waals surface area contributed by atoms with Crippen molar-refractivity contribution in [3.8, 4) is 5.75 Å². The highest BCUT2D eigenvalue weighted by Gasteiger charge is 2.22. The van der Waals surface area contributed by atoms with Crippen LogP contribution in [0.5, 0.6) is 5.75 Å². The van der Waals surface area contributed by atoms with Gasteiger partial charge in [0.15, 0.2) is 0 Å². The molecule has 1 N–H and O–H groups in total. The van der Waals surface area contributed by atoms with Crippen molar-refractivity contribution in [1.29, 1.82) is 0 Å². The number of para-hydroxylation sites is 1. The lowest BCUT2D eigenvalue weighted by Gasteiger charge is -2.26. The fourth-order valence-corrected chi connectivity index (χ4v) is 2.65. The Morgan fingerprint density at radius 2 is 1.79 bits per heavy atom. The Morgan fingerprint density at radius 3 is 2.54 bits per heavy atom. The van der Waals surface area contributed by atoms with Crippen LogP contribution < -0.4 is 4.74 Å². The first kappa shape index (κ1) is 15.8. The van der Waals surface area contributed by atoms with E-state index in [1.807, 2.05) is 60.7 Å². The minimum Gasteiger partial charge on any atom is -0.480 e. The van der Waals surface area contributed by atoms with E-state index in [9.17, 15) is 4.79 Å². The summed E-state index contributed by atoms with van der Waals surface area (Å²) in [5.74, 6) is -0.0997. The molecule has 120 valence electrons. The summed E-state index contributed by atoms with van der Waals surface area (Å²) in [4.78, 5) is 10.8. The van der Waals surface area contributed by atoms with E-state index in [-0.39, 0.29) is 6.10 Å². The van der Waals surface area contributed by atoms with Gasteiger partial charge in [-0.3, -0.25) is 0 Å². The molecule has 0 aliphatic carbocycles. The molecule has 0 aromatic heterocycles. The molecule has 0 radical (unpaired) electrons. The molecule has 1 heterocycles. The standard InChI is InChI=1S/C21H18O3/c1-15(13-20(22)23)11-12-18-14-17-9-5-6-10-19(17)24-21(18)16-7-3-2-4-8-16/h2-14,21H,1H3,(H,22,23)/b12-11+,15-13+. The minimum absolute atomic E-state index is 0.213. The second kappa shape index (κ2) is 7.01. The molecule has 0 amide bonds. The fourth-order valence-electron chi connectivity index (χ4n) is 2.65. The number of allylic oxidation sites excluding steroid dienone is 2. The fraction of sp³-hybridized carbons (Fsp3) is 0.0952. The second-order valence-electron chi connectivity index (χ2n) is 5.65. The van der Waals surface area contributed by atoms with Crippen LogP contribution >= 0.6 is 0 Å². The third kappa shape index (κ3) is 3.63. The molecule has 0 fully saturated rings. The van der Waals surface area contributed by atoms with Crippen molar-refractivity contribution in [3.05, 3.63) is 95.1 Å². The maximum Gasteiger partial charge on any atom is 0.328 e. The summed E-state index contributed by atoms with van der Waals surface area (Å²) >= 11 is 0. The molecule has 3 nitrogen and oxygen atoms in total. The van der Waals surface area contributed by atoms with Gasteiger partial charge in [-0.05, 0) is 35.8 Å². The van der Waals surface area contributed by atoms with Crippen LogP contribution in [0, 0.1) is 0 Å². The summed E-state index contributed by atoms with van der Waals surface area (Å²) in [5.41, 5.74) is 3.74. The van der Waals surface area contributed by atoms with Gasteiger partial charge < -0.3 is 9.84 Å². The number of hydrogen-bond donors (Lipinski definition) is 1. The molecule has 0 saturated carbocycles. The lowest BCUT2D eigenvalue weighted by molar-refractivity contribution is -0.131. The van der Waals surface area contributed by atoms with E-state index in [1.165, 1.54) is 6.08 Å². The number of benzene rings is 2. The number of carboxylic acids is 1. The molecule has 3 rings (SSSR count). The van der Waals surface area contributed by atoms with Crippen LogP contribution in [0.2, 0.25) is 0 Å². The molecule has 2 aromatic carbocycles. The first-order valence-electron chi connectivity index (χ1n) is 7.75. The lowest BCUT2D eigenvalue weighted by atomic mass is 9.95. The van der Waals surface area contributed by atoms with E-state index in [0.717, 1.165) is 22.4 Å². The maximum atomic E-state index is 10.8. The van der Waals surface area contributed by atoms with Crippen molar-refractivity contribution in [3.63, 3.8) is 0 Å². The molecular weight excluding hydrogens is 300 g/mol. The summed E-state index contributed by atoms with van der Waals surface area (Å²) in [5, 5.41) is 8.83. The Morgan fingerprint density at radius 1 is 1.08 bits per heavy atom. The normalized spacial score (nSPS) is 17.1. The molecular formula is C21H18O3. The first-order valence-corrected chi connectivity index (χ1v) is 7.75. The van der Waals surface area contributed by atoms with Crippen LogP contribution in [-0.2, 0) is 4.79 Å². The number of fused-ring (bicyclic) bond motifs is 1. The quantitative estimate of drug-likeness (QED) is 0.651. The zero-order valence-corrected chi connectivity index (χ0v) is 13.3. The Labute approximate surface area is 141 Å². The Hall–Kier alpha value is -3.07. The van der Waals surface area contributed by atoms with Crippen molar-refractivity contribution in [1.82, 2.24) is 0 Å². The molecule has 1 atom stereocenters. The van der Waals surface area contributed by atoms with E-state index in [0.29, 0.717) is 5.57 Å². The Kier molecular flexibility index (Phi) is 4.62. The molecule has 1 unspecified atom stereocenters. The highest BCUT2D eigenvalue weighted by atomic mass is 16.5. The van der Waals surface area contributed by atoms with Crippen LogP contribution in [-0.4, -0.2) is 11.1 Å². The predicted octanol–water partition coefficient (Wildman–Crippen LogP) is 4.79. The van der Waals surface area contributed by atoms with Gasteiger partial charge >= 0.3 is 5.97 Å². The number of ether oxygens (including phenoxy) is 1. The molecule has 0 saturated heterocycles. The van der Waals surface area contributed by atoms with Gasteiger partial charge in [0.2, 0.25) is 0 Å². The van der Waals surface area contributed by atoms with Crippen LogP contribution in [0.1, 0.15) is 24.2 Å². The topological polar surface area (TPSA) is 46.5 Å². The number of rotatable bonds is 4. The Balaban J connectivity index is 1.99. The van der Waals surface area contributed by atoms with Crippen LogP contribution in [0.4, 0.5) is 0 Å². The summed E-state index contributed by atoms with van der Waals surface area (Å²) < 4.78 is 6.19. The van der Waals surface area contributed by atoms with Crippen molar-refractivity contribution in [2.75, 3.05) is 0 Å². The molecule has 1 aliphatic rings. The average Bonchev–Trinajstić information content (AvgIpc) is 2.59. The number of carbonyl (C=O) groups is 1. The van der Waals surface area contributed by atoms with E-state index >= 15 is 0 Å². The summed E-state index contributed by atoms with van der Waals surface area (Å²) in [6.07, 6.45) is 6.78. The Bertz CT molecular complexity index is 829. The highest BCUT2D eigenvalue weighted by molar-refractivity contribution is 5.81. The van der Waals surface area contributed by atoms with Crippen molar-refractivity contribution < 1.29 is 14.6 Å². The molecule has 2 aromatic rings. The minimum atomic E-state index is -0.948. The van der Waals surface area contributed by atoms with Gasteiger partial charge in [-0.15, -0.1) is 0 Å². The zero-order valence-electron chi connectivity index (χ0n) is 13.3. The predicted molar refractivity (Wildman–Crippen MR) is 94.8 cm³/mol. The molecule has 1 aliphatic heterocycles. The highest BCUT2D eigenvalue weighted by Crippen LogP contribution is 2.37. The van der Waals surface area contributed by atoms with Gasteiger partial charge in [0.05, 0.1) is 0 Å². The molecule has 0 bridgehead atoms. The smallest absolute Gasteiger partial charge is 0.328 e. The van der Waals surface area contributed by atoms with E-state index in [4.69, 9.17) is 9.84 Å². The molecule has 3 heteroatoms. The third-order valence-electron chi connectivity index (χ3n) is 3.78. The van der Waals surface area contributed by atoms with Gasteiger partial charge in [-0.1, -0.05) is 60.7 Å². The van der Waals surface area contributed by atoms with Gasteiger partial charge in [0.1, 0.15) is 11.9 Å². The number of hydrogen-bond acceptors (Lipinski definition) is 2. The van der Waals surface area contributed by atoms with E-state index in [2.05, 4.69) is 6.08 Å². The molecule has 24 heavy (non-hydrogen) atoms. The van der Waals surface area contributed by atoms with Crippen LogP contribution in [0.15, 0.2) is 84.0 Å². The summed E-state index contributed by atoms with van der Waals surface area (Å²) in [6, 6.07) is 17.9. The number of carboxylic acid groups (broad SMARTS) is 1. The van der Waals surface area contributed by atoms with E-state index < -0.39 is 5.97 Å².